The molecule has 1 unspecified atom stereocenters. The fourth-order valence-corrected chi connectivity index (χ4v) is 1.80. The van der Waals surface area contributed by atoms with Gasteiger partial charge in [-0.15, -0.1) is 0 Å². The van der Waals surface area contributed by atoms with E-state index in [4.69, 9.17) is 0 Å². The molecule has 2 heteroatoms. The van der Waals surface area contributed by atoms with Crippen LogP contribution < -0.4 is 0 Å². The van der Waals surface area contributed by atoms with E-state index in [-0.39, 0.29) is 0 Å². The molecule has 0 aromatic carbocycles. The van der Waals surface area contributed by atoms with Crippen molar-refractivity contribution < 1.29 is 4.79 Å². The Balaban J connectivity index is 2.37. The van der Waals surface area contributed by atoms with Crippen molar-refractivity contribution in [1.29, 1.82) is 0 Å². The Bertz CT molecular complexity index is 123. The fraction of sp³-hybridized carbons (Fsp3) is 0.889. The van der Waals surface area contributed by atoms with Crippen molar-refractivity contribution >= 4 is 6.41 Å². The molecule has 1 aliphatic heterocycles. The molecule has 0 saturated carbocycles. The number of carbonyl (C=O) groups is 1. The Morgan fingerprint density at radius 2 is 2.36 bits per heavy atom. The standard InChI is InChI=1S/C9H17NO/c1-2-5-9-6-3-4-7-10(9)8-11/h8-9H,2-7H2,1H3. The summed E-state index contributed by atoms with van der Waals surface area (Å²) in [7, 11) is 0. The molecular weight excluding hydrogens is 138 g/mol. The summed E-state index contributed by atoms with van der Waals surface area (Å²) in [6, 6.07) is 0.547. The van der Waals surface area contributed by atoms with Gasteiger partial charge in [0.1, 0.15) is 0 Å². The molecule has 0 radical (unpaired) electrons. The Kier molecular flexibility index (Phi) is 3.40. The zero-order valence-electron chi connectivity index (χ0n) is 7.25. The summed E-state index contributed by atoms with van der Waals surface area (Å²) in [4.78, 5) is 12.5. The van der Waals surface area contributed by atoms with Crippen molar-refractivity contribution in [1.82, 2.24) is 4.90 Å². The van der Waals surface area contributed by atoms with Crippen LogP contribution >= 0.6 is 0 Å². The SMILES string of the molecule is CCCC1CCCCN1C=O. The first-order valence-corrected chi connectivity index (χ1v) is 4.59. The van der Waals surface area contributed by atoms with Crippen molar-refractivity contribution in [2.45, 2.75) is 45.1 Å². The lowest BCUT2D eigenvalue weighted by Gasteiger charge is -2.32. The summed E-state index contributed by atoms with van der Waals surface area (Å²) in [5.74, 6) is 0. The lowest BCUT2D eigenvalue weighted by atomic mass is 9.99. The van der Waals surface area contributed by atoms with Gasteiger partial charge in [-0.05, 0) is 25.7 Å². The van der Waals surface area contributed by atoms with Crippen LogP contribution in [0.4, 0.5) is 0 Å². The summed E-state index contributed by atoms with van der Waals surface area (Å²) >= 11 is 0. The molecule has 1 atom stereocenters. The maximum Gasteiger partial charge on any atom is 0.209 e. The van der Waals surface area contributed by atoms with Gasteiger partial charge in [0.05, 0.1) is 0 Å². The topological polar surface area (TPSA) is 20.3 Å². The zero-order chi connectivity index (χ0) is 8.10. The number of carbonyl (C=O) groups excluding carboxylic acids is 1. The van der Waals surface area contributed by atoms with Crippen molar-refractivity contribution in [3.05, 3.63) is 0 Å². The largest absolute Gasteiger partial charge is 0.342 e. The molecule has 0 aliphatic carbocycles. The molecule has 0 N–H and O–H groups in total. The lowest BCUT2D eigenvalue weighted by molar-refractivity contribution is -0.121. The van der Waals surface area contributed by atoms with Gasteiger partial charge in [-0.1, -0.05) is 13.3 Å². The van der Waals surface area contributed by atoms with E-state index in [2.05, 4.69) is 6.92 Å². The first-order valence-electron chi connectivity index (χ1n) is 4.59. The van der Waals surface area contributed by atoms with Crippen LogP contribution in [0.1, 0.15) is 39.0 Å². The highest BCUT2D eigenvalue weighted by molar-refractivity contribution is 5.47. The van der Waals surface area contributed by atoms with Crippen LogP contribution in [-0.4, -0.2) is 23.9 Å². The molecule has 2 nitrogen and oxygen atoms in total. The van der Waals surface area contributed by atoms with Gasteiger partial charge in [-0.2, -0.15) is 0 Å². The fourth-order valence-electron chi connectivity index (χ4n) is 1.80. The molecular formula is C9H17NO. The average molecular weight is 155 g/mol. The maximum atomic E-state index is 10.6. The second-order valence-electron chi connectivity index (χ2n) is 3.28. The van der Waals surface area contributed by atoms with Gasteiger partial charge in [-0.25, -0.2) is 0 Å². The second-order valence-corrected chi connectivity index (χ2v) is 3.28. The Morgan fingerprint density at radius 1 is 1.55 bits per heavy atom. The highest BCUT2D eigenvalue weighted by Crippen LogP contribution is 2.18. The third-order valence-corrected chi connectivity index (χ3v) is 2.43. The van der Waals surface area contributed by atoms with Crippen LogP contribution in [-0.2, 0) is 4.79 Å². The van der Waals surface area contributed by atoms with Crippen LogP contribution in [0.25, 0.3) is 0 Å². The summed E-state index contributed by atoms with van der Waals surface area (Å²) in [6.07, 6.45) is 7.09. The molecule has 64 valence electrons. The third kappa shape index (κ3) is 2.21. The number of nitrogens with zero attached hydrogens (tertiary/aromatic N) is 1. The van der Waals surface area contributed by atoms with Gasteiger partial charge in [-0.3, -0.25) is 4.79 Å². The van der Waals surface area contributed by atoms with Gasteiger partial charge in [0.25, 0.3) is 0 Å². The predicted molar refractivity (Wildman–Crippen MR) is 45.3 cm³/mol. The van der Waals surface area contributed by atoms with Crippen LogP contribution in [0.2, 0.25) is 0 Å². The van der Waals surface area contributed by atoms with Crippen molar-refractivity contribution in [3.63, 3.8) is 0 Å². The monoisotopic (exact) mass is 155 g/mol. The first-order chi connectivity index (χ1) is 5.38. The first kappa shape index (κ1) is 8.57. The van der Waals surface area contributed by atoms with E-state index in [0.29, 0.717) is 6.04 Å². The molecule has 1 heterocycles. The number of hydrogen-bond donors (Lipinski definition) is 0. The Morgan fingerprint density at radius 3 is 3.00 bits per heavy atom. The molecule has 0 bridgehead atoms. The van der Waals surface area contributed by atoms with Gasteiger partial charge >= 0.3 is 0 Å². The molecule has 0 aromatic rings. The summed E-state index contributed by atoms with van der Waals surface area (Å²) in [5.41, 5.74) is 0. The van der Waals surface area contributed by atoms with Crippen molar-refractivity contribution in [3.8, 4) is 0 Å². The lowest BCUT2D eigenvalue weighted by Crippen LogP contribution is -2.38. The summed E-state index contributed by atoms with van der Waals surface area (Å²) < 4.78 is 0. The predicted octanol–water partition coefficient (Wildman–Crippen LogP) is 1.80. The molecule has 0 spiro atoms. The molecule has 1 aliphatic rings. The summed E-state index contributed by atoms with van der Waals surface area (Å²) in [6.45, 7) is 3.16. The number of amides is 1. The van der Waals surface area contributed by atoms with E-state index in [1.807, 2.05) is 4.90 Å². The minimum Gasteiger partial charge on any atom is -0.342 e. The van der Waals surface area contributed by atoms with Crippen LogP contribution in [0.3, 0.4) is 0 Å². The van der Waals surface area contributed by atoms with Crippen molar-refractivity contribution in [2.24, 2.45) is 0 Å². The Labute approximate surface area is 68.6 Å². The zero-order valence-corrected chi connectivity index (χ0v) is 7.25. The molecule has 11 heavy (non-hydrogen) atoms. The molecule has 0 aromatic heterocycles. The maximum absolute atomic E-state index is 10.6. The summed E-state index contributed by atoms with van der Waals surface area (Å²) in [5, 5.41) is 0. The molecule has 1 rings (SSSR count). The molecule has 1 saturated heterocycles. The van der Waals surface area contributed by atoms with E-state index in [1.54, 1.807) is 0 Å². The van der Waals surface area contributed by atoms with E-state index in [0.717, 1.165) is 13.0 Å². The average Bonchev–Trinajstić information content (AvgIpc) is 2.06. The molecule has 1 fully saturated rings. The smallest absolute Gasteiger partial charge is 0.209 e. The second kappa shape index (κ2) is 4.37. The number of rotatable bonds is 3. The van der Waals surface area contributed by atoms with E-state index >= 15 is 0 Å². The van der Waals surface area contributed by atoms with E-state index in [1.165, 1.54) is 32.1 Å². The Hall–Kier alpha value is -0.530. The van der Waals surface area contributed by atoms with Crippen molar-refractivity contribution in [2.75, 3.05) is 6.54 Å². The van der Waals surface area contributed by atoms with Crippen LogP contribution in [0, 0.1) is 0 Å². The number of hydrogen-bond acceptors (Lipinski definition) is 1. The van der Waals surface area contributed by atoms with Gasteiger partial charge in [0.15, 0.2) is 0 Å². The number of piperidine rings is 1. The van der Waals surface area contributed by atoms with Crippen LogP contribution in [0.5, 0.6) is 0 Å². The van der Waals surface area contributed by atoms with Gasteiger partial charge in [0, 0.05) is 12.6 Å². The van der Waals surface area contributed by atoms with E-state index < -0.39 is 0 Å². The van der Waals surface area contributed by atoms with Gasteiger partial charge in [0.2, 0.25) is 6.41 Å². The van der Waals surface area contributed by atoms with E-state index in [9.17, 15) is 4.79 Å². The third-order valence-electron chi connectivity index (χ3n) is 2.43. The highest BCUT2D eigenvalue weighted by atomic mass is 16.1. The van der Waals surface area contributed by atoms with Crippen LogP contribution in [0.15, 0.2) is 0 Å². The minimum atomic E-state index is 0.547. The quantitative estimate of drug-likeness (QED) is 0.569. The minimum absolute atomic E-state index is 0.547. The normalized spacial score (nSPS) is 25.2. The molecule has 1 amide bonds. The van der Waals surface area contributed by atoms with Gasteiger partial charge < -0.3 is 4.90 Å². The number of likely N-dealkylation sites (tertiary alicyclic amines) is 1. The highest BCUT2D eigenvalue weighted by Gasteiger charge is 2.19.